The lowest BCUT2D eigenvalue weighted by Crippen LogP contribution is -2.07. The molecule has 0 bridgehead atoms. The Labute approximate surface area is 125 Å². The van der Waals surface area contributed by atoms with Crippen LogP contribution in [0.5, 0.6) is 0 Å². The normalized spacial score (nSPS) is 15.8. The van der Waals surface area contributed by atoms with Gasteiger partial charge in [0.15, 0.2) is 0 Å². The maximum atomic E-state index is 10.9. The van der Waals surface area contributed by atoms with Crippen molar-refractivity contribution in [2.75, 3.05) is 0 Å². The molecule has 2 heterocycles. The fourth-order valence-corrected chi connectivity index (χ4v) is 3.20. The van der Waals surface area contributed by atoms with Crippen molar-refractivity contribution in [2.45, 2.75) is 38.3 Å². The van der Waals surface area contributed by atoms with Crippen molar-refractivity contribution in [3.8, 4) is 0 Å². The predicted octanol–water partition coefficient (Wildman–Crippen LogP) is 3.31. The number of carbonyl (C=O) groups is 1. The van der Waals surface area contributed by atoms with E-state index in [1.807, 2.05) is 16.8 Å². The first-order valence-corrected chi connectivity index (χ1v) is 7.56. The molecule has 1 fully saturated rings. The Bertz CT molecular complexity index is 626. The van der Waals surface area contributed by atoms with Crippen LogP contribution in [0.3, 0.4) is 0 Å². The zero-order chi connectivity index (χ0) is 14.1. The third-order valence-electron chi connectivity index (χ3n) is 3.79. The molecule has 1 saturated carbocycles. The molecule has 1 N–H and O–H groups in total. The first kappa shape index (κ1) is 13.4. The fraction of sp³-hybridized carbons (Fsp3) is 0.429. The zero-order valence-corrected chi connectivity index (χ0v) is 12.6. The van der Waals surface area contributed by atoms with Crippen molar-refractivity contribution in [3.05, 3.63) is 40.4 Å². The number of carboxylic acid groups (broad SMARTS) is 1. The number of hydrogen-bond acceptors (Lipinski definition) is 2. The van der Waals surface area contributed by atoms with Gasteiger partial charge in [0, 0.05) is 12.4 Å². The molecule has 0 amide bonds. The third kappa shape index (κ3) is 2.65. The molecule has 1 aliphatic carbocycles. The van der Waals surface area contributed by atoms with Crippen LogP contribution in [0.1, 0.15) is 47.8 Å². The van der Waals surface area contributed by atoms with Crippen LogP contribution < -0.4 is 0 Å². The summed E-state index contributed by atoms with van der Waals surface area (Å²) in [5.41, 5.74) is 1.23. The summed E-state index contributed by atoms with van der Waals surface area (Å²) in [6, 6.07) is 4.15. The lowest BCUT2D eigenvalue weighted by Gasteiger charge is -2.09. The minimum Gasteiger partial charge on any atom is -0.478 e. The summed E-state index contributed by atoms with van der Waals surface area (Å²) in [5.74, 6) is -0.916. The average molecular weight is 338 g/mol. The van der Waals surface area contributed by atoms with Gasteiger partial charge < -0.3 is 9.67 Å². The molecule has 6 heteroatoms. The van der Waals surface area contributed by atoms with Crippen LogP contribution in [0.4, 0.5) is 0 Å². The summed E-state index contributed by atoms with van der Waals surface area (Å²) in [7, 11) is 0. The lowest BCUT2D eigenvalue weighted by molar-refractivity contribution is 0.0697. The van der Waals surface area contributed by atoms with Crippen molar-refractivity contribution in [3.63, 3.8) is 0 Å². The Balaban J connectivity index is 1.76. The summed E-state index contributed by atoms with van der Waals surface area (Å²) < 4.78 is 4.66. The highest BCUT2D eigenvalue weighted by Crippen LogP contribution is 2.28. The first-order valence-electron chi connectivity index (χ1n) is 6.76. The van der Waals surface area contributed by atoms with Gasteiger partial charge in [-0.15, -0.1) is 0 Å². The Morgan fingerprint density at radius 3 is 2.85 bits per heavy atom. The molecule has 0 saturated heterocycles. The van der Waals surface area contributed by atoms with Gasteiger partial charge in [0.05, 0.1) is 28.4 Å². The topological polar surface area (TPSA) is 60.0 Å². The van der Waals surface area contributed by atoms with E-state index in [9.17, 15) is 4.79 Å². The number of aromatic nitrogens is 3. The number of carboxylic acids is 1. The summed E-state index contributed by atoms with van der Waals surface area (Å²) in [6.07, 6.45) is 8.63. The molecule has 2 aromatic heterocycles. The van der Waals surface area contributed by atoms with Crippen molar-refractivity contribution >= 4 is 21.9 Å². The fourth-order valence-electron chi connectivity index (χ4n) is 2.72. The molecule has 0 spiro atoms. The Morgan fingerprint density at radius 1 is 1.45 bits per heavy atom. The molecule has 5 nitrogen and oxygen atoms in total. The number of hydrogen-bond donors (Lipinski definition) is 1. The zero-order valence-electron chi connectivity index (χ0n) is 11.0. The van der Waals surface area contributed by atoms with Gasteiger partial charge in [0.2, 0.25) is 0 Å². The second-order valence-electron chi connectivity index (χ2n) is 5.21. The molecule has 1 aliphatic rings. The van der Waals surface area contributed by atoms with Crippen LogP contribution in [-0.2, 0) is 6.54 Å². The van der Waals surface area contributed by atoms with E-state index in [0.29, 0.717) is 12.6 Å². The standard InChI is InChI=1S/C14H16BrN3O2/c15-13-7-10(14(19)20)8-17(13)9-11-5-6-18(16-11)12-3-1-2-4-12/h5-8,12H,1-4,9H2,(H,19,20). The van der Waals surface area contributed by atoms with Crippen molar-refractivity contribution in [1.82, 2.24) is 14.3 Å². The first-order chi connectivity index (χ1) is 9.63. The van der Waals surface area contributed by atoms with E-state index in [1.165, 1.54) is 25.7 Å². The van der Waals surface area contributed by atoms with Crippen molar-refractivity contribution in [1.29, 1.82) is 0 Å². The van der Waals surface area contributed by atoms with Gasteiger partial charge in [-0.05, 0) is 40.9 Å². The Hall–Kier alpha value is -1.56. The van der Waals surface area contributed by atoms with E-state index in [2.05, 4.69) is 25.7 Å². The van der Waals surface area contributed by atoms with Crippen molar-refractivity contribution < 1.29 is 9.90 Å². The second-order valence-corrected chi connectivity index (χ2v) is 6.02. The van der Waals surface area contributed by atoms with E-state index >= 15 is 0 Å². The summed E-state index contributed by atoms with van der Waals surface area (Å²) in [4.78, 5) is 10.9. The number of nitrogens with zero attached hydrogens (tertiary/aromatic N) is 3. The molecule has 106 valence electrons. The minimum atomic E-state index is -0.916. The monoisotopic (exact) mass is 337 g/mol. The molecule has 0 radical (unpaired) electrons. The van der Waals surface area contributed by atoms with Gasteiger partial charge >= 0.3 is 5.97 Å². The number of halogens is 1. The van der Waals surface area contributed by atoms with Gasteiger partial charge in [-0.25, -0.2) is 4.79 Å². The Kier molecular flexibility index (Phi) is 3.65. The van der Waals surface area contributed by atoms with Crippen molar-refractivity contribution in [2.24, 2.45) is 0 Å². The highest BCUT2D eigenvalue weighted by molar-refractivity contribution is 9.10. The van der Waals surface area contributed by atoms with Crippen LogP contribution in [0.15, 0.2) is 29.1 Å². The highest BCUT2D eigenvalue weighted by atomic mass is 79.9. The summed E-state index contributed by atoms with van der Waals surface area (Å²) in [6.45, 7) is 0.577. The Morgan fingerprint density at radius 2 is 2.20 bits per heavy atom. The third-order valence-corrected chi connectivity index (χ3v) is 4.47. The highest BCUT2D eigenvalue weighted by Gasteiger charge is 2.18. The molecule has 2 aromatic rings. The minimum absolute atomic E-state index is 0.284. The molecule has 3 rings (SSSR count). The summed E-state index contributed by atoms with van der Waals surface area (Å²) in [5, 5.41) is 13.6. The van der Waals surface area contributed by atoms with Gasteiger partial charge in [-0.1, -0.05) is 12.8 Å². The average Bonchev–Trinajstić information content (AvgIpc) is 3.11. The van der Waals surface area contributed by atoms with Gasteiger partial charge in [-0.3, -0.25) is 4.68 Å². The van der Waals surface area contributed by atoms with Crippen LogP contribution in [0.2, 0.25) is 0 Å². The maximum Gasteiger partial charge on any atom is 0.337 e. The molecular weight excluding hydrogens is 322 g/mol. The quantitative estimate of drug-likeness (QED) is 0.930. The van der Waals surface area contributed by atoms with E-state index in [-0.39, 0.29) is 5.56 Å². The molecule has 0 aromatic carbocycles. The van der Waals surface area contributed by atoms with Crippen LogP contribution in [0.25, 0.3) is 0 Å². The number of rotatable bonds is 4. The van der Waals surface area contributed by atoms with E-state index in [1.54, 1.807) is 12.3 Å². The molecule has 20 heavy (non-hydrogen) atoms. The van der Waals surface area contributed by atoms with Crippen LogP contribution in [-0.4, -0.2) is 25.4 Å². The van der Waals surface area contributed by atoms with Gasteiger partial charge in [0.25, 0.3) is 0 Å². The van der Waals surface area contributed by atoms with Crippen LogP contribution >= 0.6 is 15.9 Å². The molecular formula is C14H16BrN3O2. The van der Waals surface area contributed by atoms with Gasteiger partial charge in [-0.2, -0.15) is 5.10 Å². The van der Waals surface area contributed by atoms with E-state index in [4.69, 9.17) is 5.11 Å². The predicted molar refractivity (Wildman–Crippen MR) is 77.9 cm³/mol. The summed E-state index contributed by atoms with van der Waals surface area (Å²) >= 11 is 3.38. The largest absolute Gasteiger partial charge is 0.478 e. The lowest BCUT2D eigenvalue weighted by atomic mass is 10.3. The second kappa shape index (κ2) is 5.44. The molecule has 0 unspecified atom stereocenters. The van der Waals surface area contributed by atoms with Crippen LogP contribution in [0, 0.1) is 0 Å². The van der Waals surface area contributed by atoms with Gasteiger partial charge in [0.1, 0.15) is 0 Å². The molecule has 0 aliphatic heterocycles. The maximum absolute atomic E-state index is 10.9. The number of aromatic carboxylic acids is 1. The molecule has 0 atom stereocenters. The van der Waals surface area contributed by atoms with E-state index in [0.717, 1.165) is 10.3 Å². The SMILES string of the molecule is O=C(O)c1cc(Br)n(Cc2ccn(C3CCCC3)n2)c1. The van der Waals surface area contributed by atoms with E-state index < -0.39 is 5.97 Å². The smallest absolute Gasteiger partial charge is 0.337 e.